The van der Waals surface area contributed by atoms with Gasteiger partial charge in [-0.2, -0.15) is 0 Å². The van der Waals surface area contributed by atoms with Gasteiger partial charge in [0.2, 0.25) is 0 Å². The summed E-state index contributed by atoms with van der Waals surface area (Å²) in [6.45, 7) is 5.09. The lowest BCUT2D eigenvalue weighted by Crippen LogP contribution is -2.36. The number of hydrogen-bond acceptors (Lipinski definition) is 7. The number of para-hydroxylation sites is 2. The Morgan fingerprint density at radius 2 is 1.61 bits per heavy atom. The predicted molar refractivity (Wildman–Crippen MR) is 149 cm³/mol. The molecule has 4 aromatic rings. The van der Waals surface area contributed by atoms with Crippen LogP contribution in [0.25, 0.3) is 11.0 Å². The number of aliphatic hydroxyl groups excluding tert-OH is 1. The van der Waals surface area contributed by atoms with Gasteiger partial charge in [-0.3, -0.25) is 0 Å². The van der Waals surface area contributed by atoms with Crippen LogP contribution in [0.15, 0.2) is 66.7 Å². The molecule has 0 aliphatic carbocycles. The number of carbonyl (C=O) groups is 1. The normalized spacial score (nSPS) is 12.2. The maximum absolute atomic E-state index is 10.2. The minimum Gasteiger partial charge on any atom is -0.493 e. The summed E-state index contributed by atoms with van der Waals surface area (Å²) in [5.74, 6) is 1.17. The summed E-state index contributed by atoms with van der Waals surface area (Å²) in [6.07, 6.45) is -0.747. The van der Waals surface area contributed by atoms with E-state index in [2.05, 4.69) is 15.3 Å². The van der Waals surface area contributed by atoms with Gasteiger partial charge in [-0.25, -0.2) is 4.79 Å². The Labute approximate surface area is 226 Å². The number of ether oxygens (including phenoxy) is 3. The minimum atomic E-state index is -0.879. The van der Waals surface area contributed by atoms with Gasteiger partial charge in [-0.05, 0) is 62.0 Å². The molecule has 0 aliphatic heterocycles. The summed E-state index contributed by atoms with van der Waals surface area (Å²) in [4.78, 5) is 16.4. The first kappa shape index (κ1) is 28.7. The van der Waals surface area contributed by atoms with Gasteiger partial charge in [0, 0.05) is 13.1 Å². The van der Waals surface area contributed by atoms with Crippen LogP contribution in [0.1, 0.15) is 22.8 Å². The number of aromatic amines is 2. The number of benzene rings is 3. The van der Waals surface area contributed by atoms with E-state index in [1.54, 1.807) is 37.4 Å². The number of aromatic nitrogens is 2. The van der Waals surface area contributed by atoms with Crippen molar-refractivity contribution in [1.29, 1.82) is 0 Å². The van der Waals surface area contributed by atoms with Gasteiger partial charge >= 0.3 is 5.97 Å². The summed E-state index contributed by atoms with van der Waals surface area (Å²) in [5.41, 5.74) is 3.14. The van der Waals surface area contributed by atoms with Crippen LogP contribution in [0.4, 0.5) is 0 Å². The van der Waals surface area contributed by atoms with E-state index in [4.69, 9.17) is 31.5 Å². The second kappa shape index (κ2) is 14.2. The number of carboxylic acid groups (broad SMARTS) is 1. The van der Waals surface area contributed by atoms with Crippen molar-refractivity contribution in [2.24, 2.45) is 0 Å². The molecule has 4 rings (SSSR count). The monoisotopic (exact) mass is 539 g/mol. The van der Waals surface area contributed by atoms with Gasteiger partial charge in [0.1, 0.15) is 30.1 Å². The molecule has 0 aliphatic rings. The molecule has 1 aromatic heterocycles. The van der Waals surface area contributed by atoms with Crippen molar-refractivity contribution in [2.75, 3.05) is 26.8 Å². The molecule has 0 saturated heterocycles. The highest BCUT2D eigenvalue weighted by Crippen LogP contribution is 2.27. The van der Waals surface area contributed by atoms with E-state index in [1.807, 2.05) is 50.2 Å². The van der Waals surface area contributed by atoms with Gasteiger partial charge in [-0.15, -0.1) is 0 Å². The smallest absolute Gasteiger partial charge is 0.335 e. The van der Waals surface area contributed by atoms with Crippen LogP contribution in [0.5, 0.6) is 17.2 Å². The molecule has 0 spiro atoms. The third kappa shape index (κ3) is 8.34. The van der Waals surface area contributed by atoms with E-state index < -0.39 is 12.1 Å². The quantitative estimate of drug-likeness (QED) is 0.173. The van der Waals surface area contributed by atoms with Crippen molar-refractivity contribution in [3.63, 3.8) is 0 Å². The molecule has 1 heterocycles. The molecule has 0 amide bonds. The van der Waals surface area contributed by atoms with E-state index in [0.29, 0.717) is 40.7 Å². The van der Waals surface area contributed by atoms with Gasteiger partial charge in [0.25, 0.3) is 0 Å². The van der Waals surface area contributed by atoms with Gasteiger partial charge < -0.3 is 39.7 Å². The number of nitrogens with one attached hydrogen (secondary N) is 3. The van der Waals surface area contributed by atoms with Crippen molar-refractivity contribution >= 4 is 29.2 Å². The van der Waals surface area contributed by atoms with E-state index in [0.717, 1.165) is 16.6 Å². The summed E-state index contributed by atoms with van der Waals surface area (Å²) < 4.78 is 17.5. The van der Waals surface area contributed by atoms with Crippen molar-refractivity contribution < 1.29 is 29.2 Å². The number of aliphatic hydroxyl groups is 1. The van der Waals surface area contributed by atoms with Crippen LogP contribution in [-0.2, 0) is 0 Å². The predicted octanol–water partition coefficient (Wildman–Crippen LogP) is 4.72. The largest absolute Gasteiger partial charge is 0.493 e. The number of aromatic carboxylic acids is 1. The molecule has 0 saturated carbocycles. The first-order chi connectivity index (χ1) is 18.3. The second-order valence-electron chi connectivity index (χ2n) is 8.58. The van der Waals surface area contributed by atoms with Gasteiger partial charge in [0.15, 0.2) is 16.3 Å². The molecule has 3 aromatic carbocycles. The molecule has 9 nitrogen and oxygen atoms in total. The Bertz CT molecular complexity index is 1370. The third-order valence-electron chi connectivity index (χ3n) is 5.51. The fourth-order valence-electron chi connectivity index (χ4n) is 3.60. The molecule has 2 atom stereocenters. The zero-order valence-corrected chi connectivity index (χ0v) is 22.4. The highest BCUT2D eigenvalue weighted by atomic mass is 32.1. The van der Waals surface area contributed by atoms with E-state index in [9.17, 15) is 9.90 Å². The molecule has 0 fully saturated rings. The summed E-state index contributed by atoms with van der Waals surface area (Å²) in [7, 11) is 1.62. The Morgan fingerprint density at radius 1 is 0.947 bits per heavy atom. The molecule has 0 radical (unpaired) electrons. The molecule has 10 heteroatoms. The zero-order chi connectivity index (χ0) is 27.5. The van der Waals surface area contributed by atoms with Crippen LogP contribution >= 0.6 is 12.2 Å². The highest BCUT2D eigenvalue weighted by Gasteiger charge is 2.12. The average molecular weight is 540 g/mol. The van der Waals surface area contributed by atoms with Gasteiger partial charge in [-0.1, -0.05) is 36.4 Å². The number of imidazole rings is 1. The molecule has 2 unspecified atom stereocenters. The Morgan fingerprint density at radius 3 is 2.26 bits per heavy atom. The lowest BCUT2D eigenvalue weighted by atomic mass is 10.2. The van der Waals surface area contributed by atoms with Crippen LogP contribution < -0.4 is 19.5 Å². The Hall–Kier alpha value is -3.86. The Balaban J connectivity index is 0.000000375. The maximum Gasteiger partial charge on any atom is 0.335 e. The molecule has 38 heavy (non-hydrogen) atoms. The zero-order valence-electron chi connectivity index (χ0n) is 21.6. The van der Waals surface area contributed by atoms with Crippen LogP contribution in [0.3, 0.4) is 0 Å². The number of rotatable bonds is 11. The van der Waals surface area contributed by atoms with Gasteiger partial charge in [0.05, 0.1) is 18.2 Å². The molecular weight excluding hydrogens is 506 g/mol. The first-order valence-corrected chi connectivity index (χ1v) is 12.5. The topological polar surface area (TPSA) is 129 Å². The van der Waals surface area contributed by atoms with E-state index >= 15 is 0 Å². The second-order valence-corrected chi connectivity index (χ2v) is 8.99. The summed E-state index contributed by atoms with van der Waals surface area (Å²) >= 11 is 5.17. The lowest BCUT2D eigenvalue weighted by Gasteiger charge is -2.19. The summed E-state index contributed by atoms with van der Waals surface area (Å²) in [6, 6.07) is 19.6. The fourth-order valence-corrected chi connectivity index (χ4v) is 3.81. The van der Waals surface area contributed by atoms with Crippen LogP contribution in [0, 0.1) is 11.7 Å². The maximum atomic E-state index is 10.2. The number of hydrogen-bond donors (Lipinski definition) is 5. The van der Waals surface area contributed by atoms with Crippen LogP contribution in [-0.4, -0.2) is 65.2 Å². The molecule has 0 bridgehead atoms. The Kier molecular flexibility index (Phi) is 10.7. The average Bonchev–Trinajstić information content (AvgIpc) is 3.32. The van der Waals surface area contributed by atoms with E-state index in [-0.39, 0.29) is 12.7 Å². The lowest BCUT2D eigenvalue weighted by molar-refractivity contribution is 0.0697. The first-order valence-electron chi connectivity index (χ1n) is 12.1. The molecular formula is C28H33N3O6S. The van der Waals surface area contributed by atoms with E-state index in [1.165, 1.54) is 0 Å². The number of carboxylic acids is 1. The van der Waals surface area contributed by atoms with Crippen molar-refractivity contribution in [1.82, 2.24) is 15.3 Å². The number of fused-ring (bicyclic) bond motifs is 1. The summed E-state index contributed by atoms with van der Waals surface area (Å²) in [5, 5.41) is 21.8. The number of H-pyrrole nitrogens is 2. The fraction of sp³-hybridized carbons (Fsp3) is 0.286. The molecule has 5 N–H and O–H groups in total. The standard InChI is InChI=1S/C21H27N3O4S.C7H6O2/c1-13-8-9-18(20-19(13)23-21(29)24-20)27-12-15(25)11-22-10-14(2)28-17-7-5-4-6-16(17)26-3;8-7(9)6-4-2-1-3-5-6/h4-9,14-15,22,25H,10-12H2,1-3H3,(H2,23,24,29);1-5H,(H,8,9). The van der Waals surface area contributed by atoms with Crippen molar-refractivity contribution in [2.45, 2.75) is 26.1 Å². The van der Waals surface area contributed by atoms with Crippen LogP contribution in [0.2, 0.25) is 0 Å². The SMILES string of the molecule is COc1ccccc1OC(C)CNCC(O)COc1ccc(C)c2[nH]c(=S)[nH]c12.O=C(O)c1ccccc1. The molecule has 202 valence electrons. The highest BCUT2D eigenvalue weighted by molar-refractivity contribution is 7.71. The number of aryl methyl sites for hydroxylation is 1. The third-order valence-corrected chi connectivity index (χ3v) is 5.72. The van der Waals surface area contributed by atoms with Crippen molar-refractivity contribution in [3.05, 3.63) is 82.6 Å². The minimum absolute atomic E-state index is 0.0870. The number of methoxy groups -OCH3 is 1. The van der Waals surface area contributed by atoms with Crippen molar-refractivity contribution in [3.8, 4) is 17.2 Å².